The van der Waals surface area contributed by atoms with Crippen molar-refractivity contribution in [2.75, 3.05) is 6.54 Å². The highest BCUT2D eigenvalue weighted by Gasteiger charge is 2.23. The largest absolute Gasteiger partial charge is 0.507 e. The number of nitrogens with one attached hydrogen (secondary N) is 1. The Hall–Kier alpha value is -3.54. The molecule has 3 N–H and O–H groups in total. The number of phenolic OH excluding ortho intramolecular Hbond substituents is 2. The molecule has 3 aromatic rings. The van der Waals surface area contributed by atoms with E-state index in [0.29, 0.717) is 23.7 Å². The fraction of sp³-hybridized carbons (Fsp3) is 0.182. The first-order valence-corrected chi connectivity index (χ1v) is 8.93. The Labute approximate surface area is 162 Å². The fourth-order valence-corrected chi connectivity index (χ4v) is 2.89. The maximum absolute atomic E-state index is 12.4. The number of phenols is 2. The highest BCUT2D eigenvalue weighted by Crippen LogP contribution is 2.35. The minimum Gasteiger partial charge on any atom is -0.507 e. The average Bonchev–Trinajstić information content (AvgIpc) is 2.71. The number of carbonyl (C=O) groups is 2. The molecule has 0 unspecified atom stereocenters. The first-order chi connectivity index (χ1) is 13.5. The Balaban J connectivity index is 1.63. The van der Waals surface area contributed by atoms with Gasteiger partial charge in [0, 0.05) is 17.3 Å². The standard InChI is InChI=1S/C22H21NO5/c1-14(21(26)23-12-11-15-7-3-2-4-8-15)28-22(27)18-13-19(24)16-9-5-6-10-17(16)20(18)25/h2-10,13-14,24-25H,11-12H2,1H3,(H,23,26)/t14-/m1/s1. The van der Waals surface area contributed by atoms with Gasteiger partial charge in [-0.15, -0.1) is 0 Å². The molecule has 0 saturated carbocycles. The Morgan fingerprint density at radius 2 is 1.64 bits per heavy atom. The molecule has 1 amide bonds. The summed E-state index contributed by atoms with van der Waals surface area (Å²) in [6.07, 6.45) is -0.386. The second kappa shape index (κ2) is 8.43. The molecule has 6 heteroatoms. The van der Waals surface area contributed by atoms with E-state index in [9.17, 15) is 19.8 Å². The van der Waals surface area contributed by atoms with Crippen molar-refractivity contribution >= 4 is 22.6 Å². The summed E-state index contributed by atoms with van der Waals surface area (Å²) in [5.41, 5.74) is 0.893. The maximum Gasteiger partial charge on any atom is 0.342 e. The molecule has 0 fully saturated rings. The lowest BCUT2D eigenvalue weighted by atomic mass is 10.0. The van der Waals surface area contributed by atoms with Crippen molar-refractivity contribution in [2.24, 2.45) is 0 Å². The molecule has 1 atom stereocenters. The molecule has 6 nitrogen and oxygen atoms in total. The molecule has 0 bridgehead atoms. The number of benzene rings is 3. The van der Waals surface area contributed by atoms with E-state index in [2.05, 4.69) is 5.32 Å². The lowest BCUT2D eigenvalue weighted by Gasteiger charge is -2.15. The van der Waals surface area contributed by atoms with Gasteiger partial charge >= 0.3 is 5.97 Å². The van der Waals surface area contributed by atoms with Crippen LogP contribution in [0.3, 0.4) is 0 Å². The molecular weight excluding hydrogens is 358 g/mol. The van der Waals surface area contributed by atoms with Crippen molar-refractivity contribution in [3.05, 3.63) is 71.8 Å². The lowest BCUT2D eigenvalue weighted by molar-refractivity contribution is -0.129. The molecule has 0 heterocycles. The number of rotatable bonds is 6. The zero-order valence-electron chi connectivity index (χ0n) is 15.4. The molecule has 0 aliphatic heterocycles. The molecule has 0 saturated heterocycles. The van der Waals surface area contributed by atoms with E-state index in [1.807, 2.05) is 30.3 Å². The number of aromatic hydroxyl groups is 2. The number of ether oxygens (including phenoxy) is 1. The van der Waals surface area contributed by atoms with Crippen molar-refractivity contribution in [3.8, 4) is 11.5 Å². The summed E-state index contributed by atoms with van der Waals surface area (Å²) < 4.78 is 5.16. The summed E-state index contributed by atoms with van der Waals surface area (Å²) in [7, 11) is 0. The van der Waals surface area contributed by atoms with Crippen LogP contribution in [0.25, 0.3) is 10.8 Å². The quantitative estimate of drug-likeness (QED) is 0.452. The van der Waals surface area contributed by atoms with Crippen LogP contribution in [0, 0.1) is 0 Å². The molecular formula is C22H21NO5. The minimum absolute atomic E-state index is 0.152. The smallest absolute Gasteiger partial charge is 0.342 e. The van der Waals surface area contributed by atoms with E-state index in [4.69, 9.17) is 4.74 Å². The molecule has 0 aliphatic carbocycles. The second-order valence-corrected chi connectivity index (χ2v) is 6.41. The molecule has 0 radical (unpaired) electrons. The van der Waals surface area contributed by atoms with Gasteiger partial charge in [-0.05, 0) is 25.0 Å². The lowest BCUT2D eigenvalue weighted by Crippen LogP contribution is -2.36. The maximum atomic E-state index is 12.4. The third-order valence-corrected chi connectivity index (χ3v) is 4.42. The van der Waals surface area contributed by atoms with Gasteiger partial charge in [0.1, 0.15) is 17.1 Å². The molecule has 0 aromatic heterocycles. The van der Waals surface area contributed by atoms with E-state index in [0.717, 1.165) is 11.6 Å². The van der Waals surface area contributed by atoms with Gasteiger partial charge in [0.25, 0.3) is 5.91 Å². The third kappa shape index (κ3) is 4.23. The van der Waals surface area contributed by atoms with E-state index >= 15 is 0 Å². The van der Waals surface area contributed by atoms with Gasteiger partial charge in [-0.25, -0.2) is 4.79 Å². The summed E-state index contributed by atoms with van der Waals surface area (Å²) in [4.78, 5) is 24.6. The van der Waals surface area contributed by atoms with E-state index < -0.39 is 18.0 Å². The van der Waals surface area contributed by atoms with Gasteiger partial charge in [0.15, 0.2) is 6.10 Å². The topological polar surface area (TPSA) is 95.9 Å². The number of amides is 1. The summed E-state index contributed by atoms with van der Waals surface area (Å²) in [5.74, 6) is -1.77. The first-order valence-electron chi connectivity index (χ1n) is 8.93. The predicted molar refractivity (Wildman–Crippen MR) is 105 cm³/mol. The predicted octanol–water partition coefficient (Wildman–Crippen LogP) is 3.16. The fourth-order valence-electron chi connectivity index (χ4n) is 2.89. The summed E-state index contributed by atoms with van der Waals surface area (Å²) in [5, 5.41) is 23.9. The molecule has 0 aliphatic rings. The number of esters is 1. The minimum atomic E-state index is -1.05. The normalized spacial score (nSPS) is 11.8. The van der Waals surface area contributed by atoms with Gasteiger partial charge in [-0.2, -0.15) is 0 Å². The van der Waals surface area contributed by atoms with E-state index in [1.54, 1.807) is 24.3 Å². The number of carbonyl (C=O) groups excluding carboxylic acids is 2. The van der Waals surface area contributed by atoms with Gasteiger partial charge < -0.3 is 20.3 Å². The molecule has 3 aromatic carbocycles. The number of hydrogen-bond donors (Lipinski definition) is 3. The van der Waals surface area contributed by atoms with Crippen molar-refractivity contribution in [2.45, 2.75) is 19.4 Å². The van der Waals surface area contributed by atoms with Crippen LogP contribution < -0.4 is 5.32 Å². The SMILES string of the molecule is C[C@@H](OC(=O)c1cc(O)c2ccccc2c1O)C(=O)NCCc1ccccc1. The van der Waals surface area contributed by atoms with E-state index in [-0.39, 0.29) is 17.1 Å². The van der Waals surface area contributed by atoms with Crippen molar-refractivity contribution < 1.29 is 24.5 Å². The molecule has 0 spiro atoms. The van der Waals surface area contributed by atoms with Crippen molar-refractivity contribution in [1.29, 1.82) is 0 Å². The Morgan fingerprint density at radius 3 is 2.36 bits per heavy atom. The van der Waals surface area contributed by atoms with Gasteiger partial charge in [0.2, 0.25) is 0 Å². The van der Waals surface area contributed by atoms with Crippen LogP contribution in [0.5, 0.6) is 11.5 Å². The summed E-state index contributed by atoms with van der Waals surface area (Å²) >= 11 is 0. The summed E-state index contributed by atoms with van der Waals surface area (Å²) in [6.45, 7) is 1.86. The zero-order chi connectivity index (χ0) is 20.1. The first kappa shape index (κ1) is 19.2. The molecule has 144 valence electrons. The number of fused-ring (bicyclic) bond motifs is 1. The van der Waals surface area contributed by atoms with Crippen LogP contribution in [0.2, 0.25) is 0 Å². The monoisotopic (exact) mass is 379 g/mol. The van der Waals surface area contributed by atoms with Gasteiger partial charge in [-0.1, -0.05) is 54.6 Å². The van der Waals surface area contributed by atoms with Crippen LogP contribution >= 0.6 is 0 Å². The second-order valence-electron chi connectivity index (χ2n) is 6.41. The van der Waals surface area contributed by atoms with E-state index in [1.165, 1.54) is 6.92 Å². The van der Waals surface area contributed by atoms with Crippen LogP contribution in [0.1, 0.15) is 22.8 Å². The Kier molecular flexibility index (Phi) is 5.79. The highest BCUT2D eigenvalue weighted by molar-refractivity contribution is 6.04. The average molecular weight is 379 g/mol. The van der Waals surface area contributed by atoms with Crippen LogP contribution in [0.15, 0.2) is 60.7 Å². The van der Waals surface area contributed by atoms with Crippen LogP contribution in [0.4, 0.5) is 0 Å². The Bertz CT molecular complexity index is 1000. The van der Waals surface area contributed by atoms with Crippen molar-refractivity contribution in [3.63, 3.8) is 0 Å². The number of hydrogen-bond acceptors (Lipinski definition) is 5. The molecule has 28 heavy (non-hydrogen) atoms. The van der Waals surface area contributed by atoms with Crippen LogP contribution in [-0.4, -0.2) is 34.7 Å². The molecule has 3 rings (SSSR count). The Morgan fingerprint density at radius 1 is 1.00 bits per heavy atom. The highest BCUT2D eigenvalue weighted by atomic mass is 16.5. The third-order valence-electron chi connectivity index (χ3n) is 4.42. The van der Waals surface area contributed by atoms with Crippen molar-refractivity contribution in [1.82, 2.24) is 5.32 Å². The summed E-state index contributed by atoms with van der Waals surface area (Å²) in [6, 6.07) is 17.4. The van der Waals surface area contributed by atoms with Crippen LogP contribution in [-0.2, 0) is 16.0 Å². The van der Waals surface area contributed by atoms with Gasteiger partial charge in [0.05, 0.1) is 0 Å². The van der Waals surface area contributed by atoms with Gasteiger partial charge in [-0.3, -0.25) is 4.79 Å². The zero-order valence-corrected chi connectivity index (χ0v) is 15.4.